The van der Waals surface area contributed by atoms with Crippen molar-refractivity contribution in [1.82, 2.24) is 14.7 Å². The number of benzene rings is 1. The molecule has 4 nitrogen and oxygen atoms in total. The van der Waals surface area contributed by atoms with Crippen molar-refractivity contribution in [2.24, 2.45) is 5.92 Å². The molecule has 3 aliphatic rings. The first kappa shape index (κ1) is 20.9. The molecule has 0 atom stereocenters. The molecule has 4 rings (SSSR count). The Labute approximate surface area is 177 Å². The van der Waals surface area contributed by atoms with Crippen LogP contribution in [0.15, 0.2) is 30.3 Å². The lowest BCUT2D eigenvalue weighted by Gasteiger charge is -2.42. The van der Waals surface area contributed by atoms with E-state index in [2.05, 4.69) is 45.0 Å². The van der Waals surface area contributed by atoms with E-state index in [1.165, 1.54) is 70.1 Å². The highest BCUT2D eigenvalue weighted by Crippen LogP contribution is 2.26. The van der Waals surface area contributed by atoms with Crippen LogP contribution in [0.5, 0.6) is 0 Å². The molecule has 1 aromatic carbocycles. The predicted molar refractivity (Wildman–Crippen MR) is 119 cm³/mol. The Morgan fingerprint density at radius 3 is 2.21 bits per heavy atom. The molecule has 4 heteroatoms. The van der Waals surface area contributed by atoms with Crippen LogP contribution in [-0.2, 0) is 11.2 Å². The van der Waals surface area contributed by atoms with Gasteiger partial charge in [-0.25, -0.2) is 0 Å². The lowest BCUT2D eigenvalue weighted by molar-refractivity contribution is -0.138. The van der Waals surface area contributed by atoms with Crippen LogP contribution in [-0.4, -0.2) is 72.5 Å². The number of piperidine rings is 3. The van der Waals surface area contributed by atoms with Crippen LogP contribution in [0.1, 0.15) is 56.9 Å². The number of hydrogen-bond donors (Lipinski definition) is 0. The van der Waals surface area contributed by atoms with Gasteiger partial charge < -0.3 is 14.7 Å². The summed E-state index contributed by atoms with van der Waals surface area (Å²) >= 11 is 0. The Bertz CT molecular complexity index is 612. The van der Waals surface area contributed by atoms with Gasteiger partial charge in [0.2, 0.25) is 5.91 Å². The van der Waals surface area contributed by atoms with Crippen LogP contribution < -0.4 is 0 Å². The zero-order valence-electron chi connectivity index (χ0n) is 18.1. The SMILES string of the molecule is O=C(C1CCN(C2CCN(CCCc3ccccc3)CC2)CC1)N1CCCCC1. The van der Waals surface area contributed by atoms with Gasteiger partial charge in [0.05, 0.1) is 0 Å². The van der Waals surface area contributed by atoms with Gasteiger partial charge in [0.25, 0.3) is 0 Å². The van der Waals surface area contributed by atoms with Crippen LogP contribution in [0.2, 0.25) is 0 Å². The van der Waals surface area contributed by atoms with Crippen LogP contribution in [0.25, 0.3) is 0 Å². The number of hydrogen-bond acceptors (Lipinski definition) is 3. The van der Waals surface area contributed by atoms with E-state index in [1.807, 2.05) is 0 Å². The summed E-state index contributed by atoms with van der Waals surface area (Å²) in [6.07, 6.45) is 10.9. The fraction of sp³-hybridized carbons (Fsp3) is 0.720. The molecule has 0 saturated carbocycles. The second kappa shape index (κ2) is 10.6. The maximum absolute atomic E-state index is 12.8. The zero-order valence-corrected chi connectivity index (χ0v) is 18.1. The van der Waals surface area contributed by atoms with Gasteiger partial charge in [-0.15, -0.1) is 0 Å². The van der Waals surface area contributed by atoms with Crippen molar-refractivity contribution in [2.45, 2.75) is 63.8 Å². The van der Waals surface area contributed by atoms with Gasteiger partial charge in [-0.1, -0.05) is 30.3 Å². The summed E-state index contributed by atoms with van der Waals surface area (Å²) in [5.74, 6) is 0.750. The Hall–Kier alpha value is -1.39. The molecule has 0 N–H and O–H groups in total. The van der Waals surface area contributed by atoms with E-state index in [0.29, 0.717) is 11.8 Å². The summed E-state index contributed by atoms with van der Waals surface area (Å²) < 4.78 is 0. The highest BCUT2D eigenvalue weighted by molar-refractivity contribution is 5.79. The third-order valence-electron chi connectivity index (χ3n) is 7.40. The summed E-state index contributed by atoms with van der Waals surface area (Å²) in [6.45, 7) is 7.97. The van der Waals surface area contributed by atoms with Crippen molar-refractivity contribution in [3.05, 3.63) is 35.9 Å². The van der Waals surface area contributed by atoms with Crippen molar-refractivity contribution in [2.75, 3.05) is 45.8 Å². The standard InChI is InChI=1S/C25H39N3O/c29-25(28-16-5-2-6-17-28)23-11-20-27(21-12-23)24-13-18-26(19-14-24)15-7-10-22-8-3-1-4-9-22/h1,3-4,8-9,23-24H,2,5-7,10-21H2. The maximum atomic E-state index is 12.8. The van der Waals surface area contributed by atoms with Gasteiger partial charge >= 0.3 is 0 Å². The first-order valence-electron chi connectivity index (χ1n) is 12.1. The number of carbonyl (C=O) groups excluding carboxylic acids is 1. The van der Waals surface area contributed by atoms with E-state index < -0.39 is 0 Å². The third kappa shape index (κ3) is 5.82. The fourth-order valence-corrected chi connectivity index (χ4v) is 5.54. The molecule has 160 valence electrons. The predicted octanol–water partition coefficient (Wildman–Crippen LogP) is 3.81. The lowest BCUT2D eigenvalue weighted by Crippen LogP contribution is -2.50. The second-order valence-electron chi connectivity index (χ2n) is 9.36. The normalized spacial score (nSPS) is 23.4. The molecule has 0 bridgehead atoms. The van der Waals surface area contributed by atoms with Gasteiger partial charge in [0, 0.05) is 25.0 Å². The van der Waals surface area contributed by atoms with Crippen molar-refractivity contribution >= 4 is 5.91 Å². The van der Waals surface area contributed by atoms with E-state index in [4.69, 9.17) is 0 Å². The van der Waals surface area contributed by atoms with Crippen molar-refractivity contribution in [1.29, 1.82) is 0 Å². The minimum atomic E-state index is 0.294. The highest BCUT2D eigenvalue weighted by atomic mass is 16.2. The van der Waals surface area contributed by atoms with Crippen molar-refractivity contribution in [3.63, 3.8) is 0 Å². The van der Waals surface area contributed by atoms with Gasteiger partial charge in [0.15, 0.2) is 0 Å². The topological polar surface area (TPSA) is 26.8 Å². The minimum absolute atomic E-state index is 0.294. The summed E-state index contributed by atoms with van der Waals surface area (Å²) in [6, 6.07) is 11.6. The lowest BCUT2D eigenvalue weighted by atomic mass is 9.91. The quantitative estimate of drug-likeness (QED) is 0.730. The second-order valence-corrected chi connectivity index (χ2v) is 9.36. The van der Waals surface area contributed by atoms with Crippen molar-refractivity contribution < 1.29 is 4.79 Å². The Morgan fingerprint density at radius 1 is 0.828 bits per heavy atom. The third-order valence-corrected chi connectivity index (χ3v) is 7.40. The fourth-order valence-electron chi connectivity index (χ4n) is 5.54. The van der Waals surface area contributed by atoms with Gasteiger partial charge in [0.1, 0.15) is 0 Å². The first-order valence-corrected chi connectivity index (χ1v) is 12.1. The maximum Gasteiger partial charge on any atom is 0.225 e. The minimum Gasteiger partial charge on any atom is -0.342 e. The molecule has 3 aliphatic heterocycles. The molecule has 3 fully saturated rings. The smallest absolute Gasteiger partial charge is 0.225 e. The number of likely N-dealkylation sites (tertiary alicyclic amines) is 3. The average molecular weight is 398 g/mol. The van der Waals surface area contributed by atoms with E-state index in [1.54, 1.807) is 0 Å². The monoisotopic (exact) mass is 397 g/mol. The largest absolute Gasteiger partial charge is 0.342 e. The summed E-state index contributed by atoms with van der Waals surface area (Å²) in [7, 11) is 0. The van der Waals surface area contributed by atoms with Crippen LogP contribution >= 0.6 is 0 Å². The molecular weight excluding hydrogens is 358 g/mol. The number of rotatable bonds is 6. The van der Waals surface area contributed by atoms with Gasteiger partial charge in [-0.2, -0.15) is 0 Å². The first-order chi connectivity index (χ1) is 14.3. The van der Waals surface area contributed by atoms with Gasteiger partial charge in [-0.05, 0) is 96.1 Å². The van der Waals surface area contributed by atoms with Crippen molar-refractivity contribution in [3.8, 4) is 0 Å². The summed E-state index contributed by atoms with van der Waals surface area (Å²) in [5.41, 5.74) is 1.46. The van der Waals surface area contributed by atoms with E-state index in [-0.39, 0.29) is 0 Å². The molecule has 0 unspecified atom stereocenters. The Balaban J connectivity index is 1.13. The molecule has 0 aliphatic carbocycles. The van der Waals surface area contributed by atoms with E-state index in [0.717, 1.165) is 45.1 Å². The molecule has 3 heterocycles. The number of carbonyl (C=O) groups is 1. The van der Waals surface area contributed by atoms with Gasteiger partial charge in [-0.3, -0.25) is 4.79 Å². The molecule has 1 aromatic rings. The van der Waals surface area contributed by atoms with Crippen LogP contribution in [0, 0.1) is 5.92 Å². The highest BCUT2D eigenvalue weighted by Gasteiger charge is 2.32. The number of amides is 1. The number of aryl methyl sites for hydroxylation is 1. The van der Waals surface area contributed by atoms with Crippen LogP contribution in [0.4, 0.5) is 0 Å². The molecule has 0 radical (unpaired) electrons. The molecule has 0 aromatic heterocycles. The molecule has 0 spiro atoms. The van der Waals surface area contributed by atoms with E-state index >= 15 is 0 Å². The van der Waals surface area contributed by atoms with E-state index in [9.17, 15) is 4.79 Å². The summed E-state index contributed by atoms with van der Waals surface area (Å²) in [5, 5.41) is 0. The summed E-state index contributed by atoms with van der Waals surface area (Å²) in [4.78, 5) is 20.3. The molecule has 1 amide bonds. The zero-order chi connectivity index (χ0) is 19.9. The Kier molecular flexibility index (Phi) is 7.61. The van der Waals surface area contributed by atoms with Crippen LogP contribution in [0.3, 0.4) is 0 Å². The molecule has 3 saturated heterocycles. The molecular formula is C25H39N3O. The Morgan fingerprint density at radius 2 is 1.52 bits per heavy atom. The average Bonchev–Trinajstić information content (AvgIpc) is 2.80. The molecule has 29 heavy (non-hydrogen) atoms. The number of nitrogens with zero attached hydrogens (tertiary/aromatic N) is 3.